The Labute approximate surface area is 115 Å². The second-order valence-corrected chi connectivity index (χ2v) is 4.78. The Kier molecular flexibility index (Phi) is 4.79. The van der Waals surface area contributed by atoms with Crippen LogP contribution in [0.3, 0.4) is 0 Å². The van der Waals surface area contributed by atoms with E-state index in [0.29, 0.717) is 12.1 Å². The minimum atomic E-state index is -4.90. The Morgan fingerprint density at radius 2 is 2.00 bits per heavy atom. The van der Waals surface area contributed by atoms with Crippen molar-refractivity contribution in [1.29, 1.82) is 0 Å². The van der Waals surface area contributed by atoms with E-state index in [9.17, 15) is 18.0 Å². The van der Waals surface area contributed by atoms with Gasteiger partial charge in [0.15, 0.2) is 0 Å². The zero-order valence-electron chi connectivity index (χ0n) is 11.1. The highest BCUT2D eigenvalue weighted by molar-refractivity contribution is 5.94. The zero-order chi connectivity index (χ0) is 15.4. The van der Waals surface area contributed by atoms with Crippen LogP contribution in [0.1, 0.15) is 19.4 Å². The third kappa shape index (κ3) is 4.94. The number of halogens is 3. The van der Waals surface area contributed by atoms with Gasteiger partial charge in [0.2, 0.25) is 0 Å². The van der Waals surface area contributed by atoms with Crippen molar-refractivity contribution in [1.82, 2.24) is 5.32 Å². The van der Waals surface area contributed by atoms with Gasteiger partial charge in [-0.15, -0.1) is 6.42 Å². The van der Waals surface area contributed by atoms with Crippen LogP contribution in [0.5, 0.6) is 0 Å². The first kappa shape index (κ1) is 16.1. The van der Waals surface area contributed by atoms with Gasteiger partial charge in [-0.3, -0.25) is 10.1 Å². The van der Waals surface area contributed by atoms with E-state index in [2.05, 4.69) is 11.2 Å². The fourth-order valence-electron chi connectivity index (χ4n) is 1.34. The summed E-state index contributed by atoms with van der Waals surface area (Å²) in [6, 6.07) is 6.14. The third-order valence-corrected chi connectivity index (χ3v) is 2.54. The number of benzene rings is 1. The van der Waals surface area contributed by atoms with E-state index in [4.69, 9.17) is 6.42 Å². The number of alkyl halides is 3. The number of carbonyl (C=O) groups is 1. The van der Waals surface area contributed by atoms with E-state index in [1.807, 2.05) is 13.8 Å². The molecule has 0 atom stereocenters. The number of carbonyl (C=O) groups excluding carboxylic acids is 1. The average molecular weight is 284 g/mol. The van der Waals surface area contributed by atoms with Crippen LogP contribution in [0.25, 0.3) is 0 Å². The highest BCUT2D eigenvalue weighted by atomic mass is 19.4. The fourth-order valence-corrected chi connectivity index (χ4v) is 1.34. The minimum Gasteiger partial charge on any atom is -0.318 e. The molecule has 0 saturated heterocycles. The molecule has 0 saturated carbocycles. The lowest BCUT2D eigenvalue weighted by Crippen LogP contribution is -2.36. The van der Waals surface area contributed by atoms with E-state index in [1.165, 1.54) is 12.1 Å². The molecule has 0 bridgehead atoms. The summed E-state index contributed by atoms with van der Waals surface area (Å²) in [4.78, 5) is 10.8. The predicted octanol–water partition coefficient (Wildman–Crippen LogP) is 2.69. The monoisotopic (exact) mass is 284 g/mol. The van der Waals surface area contributed by atoms with E-state index in [-0.39, 0.29) is 5.69 Å². The van der Waals surface area contributed by atoms with Crippen molar-refractivity contribution in [2.75, 3.05) is 5.32 Å². The summed E-state index contributed by atoms with van der Waals surface area (Å²) in [6.07, 6.45) is 0.417. The second-order valence-electron chi connectivity index (χ2n) is 4.78. The molecule has 1 rings (SSSR count). The van der Waals surface area contributed by atoms with E-state index in [1.54, 1.807) is 17.4 Å². The average Bonchev–Trinajstić information content (AvgIpc) is 2.36. The molecule has 108 valence electrons. The molecular formula is C14H15F3N2O. The molecule has 20 heavy (non-hydrogen) atoms. The number of rotatable bonds is 4. The Morgan fingerprint density at radius 1 is 1.35 bits per heavy atom. The van der Waals surface area contributed by atoms with Gasteiger partial charge in [0.25, 0.3) is 0 Å². The maximum absolute atomic E-state index is 12.1. The molecule has 0 heterocycles. The van der Waals surface area contributed by atoms with Crippen molar-refractivity contribution in [2.45, 2.75) is 32.1 Å². The van der Waals surface area contributed by atoms with Gasteiger partial charge < -0.3 is 5.32 Å². The normalized spacial score (nSPS) is 11.8. The maximum Gasteiger partial charge on any atom is 0.471 e. The van der Waals surface area contributed by atoms with Crippen LogP contribution in [0, 0.1) is 12.3 Å². The molecular weight excluding hydrogens is 269 g/mol. The van der Waals surface area contributed by atoms with E-state index in [0.717, 1.165) is 0 Å². The minimum absolute atomic E-state index is 0.0881. The summed E-state index contributed by atoms with van der Waals surface area (Å²) in [5.41, 5.74) is 0.282. The second kappa shape index (κ2) is 5.97. The number of anilines is 1. The smallest absolute Gasteiger partial charge is 0.318 e. The molecule has 0 spiro atoms. The standard InChI is InChI=1S/C14H15F3N2O/c1-4-13(2,3)18-9-10-6-5-7-11(8-10)19-12(20)14(15,16)17/h1,5-8,18H,9H2,2-3H3,(H,19,20). The topological polar surface area (TPSA) is 41.1 Å². The molecule has 1 amide bonds. The first-order valence-corrected chi connectivity index (χ1v) is 5.84. The van der Waals surface area contributed by atoms with Crippen LogP contribution in [-0.4, -0.2) is 17.6 Å². The quantitative estimate of drug-likeness (QED) is 0.835. The van der Waals surface area contributed by atoms with Crippen LogP contribution in [0.4, 0.5) is 18.9 Å². The van der Waals surface area contributed by atoms with Gasteiger partial charge in [0.05, 0.1) is 5.54 Å². The Hall–Kier alpha value is -2.00. The summed E-state index contributed by atoms with van der Waals surface area (Å²) in [5.74, 6) is 0.555. The van der Waals surface area contributed by atoms with Gasteiger partial charge in [0, 0.05) is 12.2 Å². The molecule has 0 aliphatic carbocycles. The molecule has 3 nitrogen and oxygen atoms in total. The lowest BCUT2D eigenvalue weighted by molar-refractivity contribution is -0.167. The van der Waals surface area contributed by atoms with Crippen molar-refractivity contribution in [3.8, 4) is 12.3 Å². The van der Waals surface area contributed by atoms with Crippen molar-refractivity contribution < 1.29 is 18.0 Å². The van der Waals surface area contributed by atoms with Gasteiger partial charge in [-0.25, -0.2) is 0 Å². The molecule has 0 aromatic heterocycles. The Bertz CT molecular complexity index is 530. The molecule has 1 aromatic carbocycles. The van der Waals surface area contributed by atoms with Crippen LogP contribution >= 0.6 is 0 Å². The molecule has 0 aliphatic rings. The number of terminal acetylenes is 1. The highest BCUT2D eigenvalue weighted by Crippen LogP contribution is 2.19. The molecule has 0 radical (unpaired) electrons. The number of hydrogen-bond donors (Lipinski definition) is 2. The largest absolute Gasteiger partial charge is 0.471 e. The highest BCUT2D eigenvalue weighted by Gasteiger charge is 2.38. The van der Waals surface area contributed by atoms with Crippen molar-refractivity contribution in [3.63, 3.8) is 0 Å². The van der Waals surface area contributed by atoms with Crippen LogP contribution in [-0.2, 0) is 11.3 Å². The van der Waals surface area contributed by atoms with E-state index >= 15 is 0 Å². The van der Waals surface area contributed by atoms with Gasteiger partial charge in [0.1, 0.15) is 0 Å². The molecule has 0 aliphatic heterocycles. The Balaban J connectivity index is 2.72. The summed E-state index contributed by atoms with van der Waals surface area (Å²) >= 11 is 0. The first-order chi connectivity index (χ1) is 9.14. The van der Waals surface area contributed by atoms with E-state index < -0.39 is 17.6 Å². The van der Waals surface area contributed by atoms with Crippen LogP contribution in [0.15, 0.2) is 24.3 Å². The molecule has 0 unspecified atom stereocenters. The number of amides is 1. The van der Waals surface area contributed by atoms with Gasteiger partial charge in [-0.2, -0.15) is 13.2 Å². The van der Waals surface area contributed by atoms with Gasteiger partial charge in [-0.05, 0) is 31.5 Å². The van der Waals surface area contributed by atoms with Crippen LogP contribution < -0.4 is 10.6 Å². The number of nitrogens with one attached hydrogen (secondary N) is 2. The summed E-state index contributed by atoms with van der Waals surface area (Å²) in [6.45, 7) is 4.00. The zero-order valence-corrected chi connectivity index (χ0v) is 11.1. The molecule has 0 fully saturated rings. The van der Waals surface area contributed by atoms with Crippen LogP contribution in [0.2, 0.25) is 0 Å². The Morgan fingerprint density at radius 3 is 2.55 bits per heavy atom. The summed E-state index contributed by atoms with van der Waals surface area (Å²) in [5, 5.41) is 4.87. The van der Waals surface area contributed by atoms with Crippen molar-refractivity contribution in [3.05, 3.63) is 29.8 Å². The SMILES string of the molecule is C#CC(C)(C)NCc1cccc(NC(=O)C(F)(F)F)c1. The van der Waals surface area contributed by atoms with Gasteiger partial charge >= 0.3 is 12.1 Å². The molecule has 1 aromatic rings. The van der Waals surface area contributed by atoms with Crippen molar-refractivity contribution in [2.24, 2.45) is 0 Å². The molecule has 6 heteroatoms. The first-order valence-electron chi connectivity index (χ1n) is 5.84. The fraction of sp³-hybridized carbons (Fsp3) is 0.357. The lowest BCUT2D eigenvalue weighted by Gasteiger charge is -2.19. The maximum atomic E-state index is 12.1. The molecule has 2 N–H and O–H groups in total. The lowest BCUT2D eigenvalue weighted by atomic mass is 10.1. The summed E-state index contributed by atoms with van der Waals surface area (Å²) < 4.78 is 36.4. The van der Waals surface area contributed by atoms with Crippen molar-refractivity contribution >= 4 is 11.6 Å². The summed E-state index contributed by atoms with van der Waals surface area (Å²) in [7, 11) is 0. The number of hydrogen-bond acceptors (Lipinski definition) is 2. The predicted molar refractivity (Wildman–Crippen MR) is 70.9 cm³/mol. The third-order valence-electron chi connectivity index (χ3n) is 2.54. The van der Waals surface area contributed by atoms with Gasteiger partial charge in [-0.1, -0.05) is 18.1 Å².